The van der Waals surface area contributed by atoms with Crippen molar-refractivity contribution in [3.8, 4) is 0 Å². The molecule has 7 nitrogen and oxygen atoms in total. The predicted molar refractivity (Wildman–Crippen MR) is 142 cm³/mol. The van der Waals surface area contributed by atoms with E-state index >= 15 is 0 Å². The van der Waals surface area contributed by atoms with E-state index in [-0.39, 0.29) is 12.5 Å². The lowest BCUT2D eigenvalue weighted by Crippen LogP contribution is -2.56. The molecule has 0 heterocycles. The second-order valence-corrected chi connectivity index (χ2v) is 12.0. The third-order valence-electron chi connectivity index (χ3n) is 5.67. The van der Waals surface area contributed by atoms with Crippen LogP contribution in [0.2, 0.25) is 0 Å². The number of carbonyl (C=O) groups excluding carboxylic acids is 2. The molecule has 0 saturated heterocycles. The van der Waals surface area contributed by atoms with Crippen LogP contribution >= 0.6 is 0 Å². The molecule has 2 amide bonds. The fourth-order valence-electron chi connectivity index (χ4n) is 4.03. The Morgan fingerprint density at radius 2 is 1.66 bits per heavy atom. The molecule has 1 unspecified atom stereocenters. The molecule has 0 aliphatic carbocycles. The van der Waals surface area contributed by atoms with Gasteiger partial charge in [0.25, 0.3) is 0 Å². The first kappa shape index (κ1) is 28.4. The van der Waals surface area contributed by atoms with E-state index in [9.17, 15) is 18.0 Å². The number of anilines is 1. The summed E-state index contributed by atoms with van der Waals surface area (Å²) in [7, 11) is -3.75. The van der Waals surface area contributed by atoms with Crippen LogP contribution < -0.4 is 9.62 Å². The van der Waals surface area contributed by atoms with Gasteiger partial charge in [0.05, 0.1) is 11.9 Å². The summed E-state index contributed by atoms with van der Waals surface area (Å²) in [6.07, 6.45) is 2.05. The van der Waals surface area contributed by atoms with Crippen molar-refractivity contribution in [3.05, 3.63) is 65.2 Å². The highest BCUT2D eigenvalue weighted by Gasteiger charge is 2.33. The molecule has 0 bridgehead atoms. The second-order valence-electron chi connectivity index (χ2n) is 10.0. The lowest BCUT2D eigenvalue weighted by atomic mass is 10.1. The number of hydrogen-bond donors (Lipinski definition) is 1. The van der Waals surface area contributed by atoms with E-state index in [4.69, 9.17) is 0 Å². The summed E-state index contributed by atoms with van der Waals surface area (Å²) in [6.45, 7) is 11.2. The van der Waals surface area contributed by atoms with Crippen molar-refractivity contribution in [3.63, 3.8) is 0 Å². The van der Waals surface area contributed by atoms with Crippen LogP contribution in [0.3, 0.4) is 0 Å². The van der Waals surface area contributed by atoms with Gasteiger partial charge in [-0.2, -0.15) is 0 Å². The lowest BCUT2D eigenvalue weighted by Gasteiger charge is -2.34. The summed E-state index contributed by atoms with van der Waals surface area (Å²) >= 11 is 0. The van der Waals surface area contributed by atoms with E-state index in [0.717, 1.165) is 27.3 Å². The lowest BCUT2D eigenvalue weighted by molar-refractivity contribution is -0.140. The topological polar surface area (TPSA) is 86.8 Å². The zero-order chi connectivity index (χ0) is 26.4. The van der Waals surface area contributed by atoms with Crippen molar-refractivity contribution >= 4 is 27.5 Å². The maximum absolute atomic E-state index is 13.7. The van der Waals surface area contributed by atoms with Crippen molar-refractivity contribution in [2.24, 2.45) is 0 Å². The molecule has 0 aliphatic heterocycles. The number of sulfonamides is 1. The highest BCUT2D eigenvalue weighted by Crippen LogP contribution is 2.24. The van der Waals surface area contributed by atoms with Gasteiger partial charge in [0.15, 0.2) is 0 Å². The zero-order valence-electron chi connectivity index (χ0n) is 22.0. The highest BCUT2D eigenvalue weighted by atomic mass is 32.2. The zero-order valence-corrected chi connectivity index (χ0v) is 22.8. The summed E-state index contributed by atoms with van der Waals surface area (Å²) in [5.74, 6) is -0.666. The number of amides is 2. The molecule has 1 atom stereocenters. The molecule has 1 N–H and O–H groups in total. The van der Waals surface area contributed by atoms with Gasteiger partial charge in [0.2, 0.25) is 21.8 Å². The Morgan fingerprint density at radius 1 is 1.03 bits per heavy atom. The molecular weight excluding hydrogens is 462 g/mol. The van der Waals surface area contributed by atoms with Crippen LogP contribution in [0.15, 0.2) is 48.5 Å². The smallest absolute Gasteiger partial charge is 0.244 e. The fraction of sp³-hybridized carbons (Fsp3) is 0.481. The van der Waals surface area contributed by atoms with Crippen molar-refractivity contribution < 1.29 is 18.0 Å². The average Bonchev–Trinajstić information content (AvgIpc) is 2.74. The maximum atomic E-state index is 13.7. The average molecular weight is 502 g/mol. The van der Waals surface area contributed by atoms with E-state index in [1.54, 1.807) is 6.07 Å². The van der Waals surface area contributed by atoms with Crippen molar-refractivity contribution in [1.82, 2.24) is 10.2 Å². The number of benzene rings is 2. The third-order valence-corrected chi connectivity index (χ3v) is 6.79. The Labute approximate surface area is 210 Å². The summed E-state index contributed by atoms with van der Waals surface area (Å²) < 4.78 is 26.6. The summed E-state index contributed by atoms with van der Waals surface area (Å²) in [5, 5.41) is 2.97. The van der Waals surface area contributed by atoms with Crippen molar-refractivity contribution in [1.29, 1.82) is 0 Å². The second kappa shape index (κ2) is 11.7. The van der Waals surface area contributed by atoms with Crippen LogP contribution in [0.1, 0.15) is 50.8 Å². The predicted octanol–water partition coefficient (Wildman–Crippen LogP) is 3.83. The minimum Gasteiger partial charge on any atom is -0.350 e. The number of carbonyl (C=O) groups is 2. The van der Waals surface area contributed by atoms with Gasteiger partial charge in [0, 0.05) is 12.1 Å². The molecule has 2 aromatic carbocycles. The number of nitrogens with one attached hydrogen (secondary N) is 1. The molecule has 2 rings (SSSR count). The number of rotatable bonds is 10. The molecule has 0 fully saturated rings. The van der Waals surface area contributed by atoms with Crippen LogP contribution in [0, 0.1) is 13.8 Å². The molecule has 0 aromatic heterocycles. The van der Waals surface area contributed by atoms with Gasteiger partial charge < -0.3 is 10.2 Å². The Hall–Kier alpha value is -2.87. The van der Waals surface area contributed by atoms with Gasteiger partial charge in [-0.15, -0.1) is 0 Å². The summed E-state index contributed by atoms with van der Waals surface area (Å²) in [4.78, 5) is 28.4. The quantitative estimate of drug-likeness (QED) is 0.536. The van der Waals surface area contributed by atoms with E-state index < -0.39 is 27.5 Å². The van der Waals surface area contributed by atoms with Crippen LogP contribution in [-0.4, -0.2) is 56.1 Å². The first-order chi connectivity index (χ1) is 16.2. The number of aryl methyl sites for hydroxylation is 2. The Balaban J connectivity index is 2.41. The monoisotopic (exact) mass is 501 g/mol. The minimum absolute atomic E-state index is 0.251. The van der Waals surface area contributed by atoms with Crippen LogP contribution in [0.5, 0.6) is 0 Å². The van der Waals surface area contributed by atoms with E-state index in [2.05, 4.69) is 5.32 Å². The van der Waals surface area contributed by atoms with Gasteiger partial charge in [-0.05, 0) is 64.7 Å². The molecule has 8 heteroatoms. The van der Waals surface area contributed by atoms with Crippen LogP contribution in [0.25, 0.3) is 0 Å². The molecule has 0 spiro atoms. The largest absolute Gasteiger partial charge is 0.350 e. The highest BCUT2D eigenvalue weighted by molar-refractivity contribution is 7.92. The maximum Gasteiger partial charge on any atom is 0.244 e. The summed E-state index contributed by atoms with van der Waals surface area (Å²) in [6, 6.07) is 14.4. The number of hydrogen-bond acceptors (Lipinski definition) is 4. The SMILES string of the molecule is CCC(C(=O)NC(C)(C)C)N(CCc1ccccc1)C(=O)CN(c1ccc(C)cc1C)S(C)(=O)=O. The minimum atomic E-state index is -3.75. The molecule has 0 aliphatic rings. The molecule has 0 radical (unpaired) electrons. The van der Waals surface area contributed by atoms with Crippen molar-refractivity contribution in [2.75, 3.05) is 23.7 Å². The fourth-order valence-corrected chi connectivity index (χ4v) is 4.94. The van der Waals surface area contributed by atoms with Crippen molar-refractivity contribution in [2.45, 2.75) is 66.0 Å². The molecule has 2 aromatic rings. The number of nitrogens with zero attached hydrogens (tertiary/aromatic N) is 2. The van der Waals surface area contributed by atoms with Gasteiger partial charge in [0.1, 0.15) is 12.6 Å². The van der Waals surface area contributed by atoms with Crippen LogP contribution in [0.4, 0.5) is 5.69 Å². The first-order valence-corrected chi connectivity index (χ1v) is 13.8. The summed E-state index contributed by atoms with van der Waals surface area (Å²) in [5.41, 5.74) is 2.79. The van der Waals surface area contributed by atoms with E-state index in [0.29, 0.717) is 25.1 Å². The standard InChI is InChI=1S/C27H39N3O4S/c1-8-23(26(32)28-27(4,5)6)29(17-16-22-12-10-9-11-13-22)25(31)19-30(35(7,33)34)24-15-14-20(2)18-21(24)3/h9-15,18,23H,8,16-17,19H2,1-7H3,(H,28,32). The Bertz CT molecular complexity index is 1120. The van der Waals surface area contributed by atoms with Crippen LogP contribution in [-0.2, 0) is 26.0 Å². The normalized spacial score (nSPS) is 12.7. The van der Waals surface area contributed by atoms with E-state index in [1.165, 1.54) is 4.90 Å². The third kappa shape index (κ3) is 8.38. The molecule has 0 saturated carbocycles. The first-order valence-electron chi connectivity index (χ1n) is 11.9. The Morgan fingerprint density at radius 3 is 2.17 bits per heavy atom. The van der Waals surface area contributed by atoms with Gasteiger partial charge >= 0.3 is 0 Å². The van der Waals surface area contributed by atoms with Gasteiger partial charge in [-0.25, -0.2) is 8.42 Å². The van der Waals surface area contributed by atoms with E-state index in [1.807, 2.05) is 84.0 Å². The molecular formula is C27H39N3O4S. The van der Waals surface area contributed by atoms with Gasteiger partial charge in [-0.1, -0.05) is 55.0 Å². The molecule has 35 heavy (non-hydrogen) atoms. The molecule has 192 valence electrons. The Kier molecular flexibility index (Phi) is 9.49. The van der Waals surface area contributed by atoms with Gasteiger partial charge in [-0.3, -0.25) is 13.9 Å².